The molecule has 0 aromatic heterocycles. The van der Waals surface area contributed by atoms with Gasteiger partial charge in [-0.1, -0.05) is 0 Å². The van der Waals surface area contributed by atoms with Crippen molar-refractivity contribution in [2.75, 3.05) is 27.2 Å². The fraction of sp³-hybridized carbons (Fsp3) is 0.588. The number of benzene rings is 1. The van der Waals surface area contributed by atoms with Crippen molar-refractivity contribution >= 4 is 15.9 Å². The van der Waals surface area contributed by atoms with E-state index in [-0.39, 0.29) is 16.8 Å². The van der Waals surface area contributed by atoms with Crippen LogP contribution < -0.4 is 14.8 Å². The molecule has 2 rings (SSSR count). The first-order chi connectivity index (χ1) is 11.7. The molecule has 140 valence electrons. The number of aryl methyl sites for hydroxylation is 1. The number of rotatable bonds is 6. The van der Waals surface area contributed by atoms with Crippen LogP contribution in [0.3, 0.4) is 0 Å². The number of piperidine rings is 1. The number of methoxy groups -OCH3 is 1. The molecular formula is C17H27N3O4S. The summed E-state index contributed by atoms with van der Waals surface area (Å²) in [6.07, 6.45) is 1.75. The van der Waals surface area contributed by atoms with Crippen LogP contribution in [0.1, 0.15) is 25.3 Å². The van der Waals surface area contributed by atoms with Crippen molar-refractivity contribution < 1.29 is 17.9 Å². The number of ether oxygens (including phenoxy) is 1. The first-order valence-corrected chi connectivity index (χ1v) is 9.87. The van der Waals surface area contributed by atoms with Crippen LogP contribution in [-0.4, -0.2) is 58.6 Å². The molecule has 1 amide bonds. The Kier molecular flexibility index (Phi) is 6.42. The fourth-order valence-electron chi connectivity index (χ4n) is 2.85. The molecular weight excluding hydrogens is 342 g/mol. The molecule has 7 nitrogen and oxygen atoms in total. The minimum Gasteiger partial charge on any atom is -0.496 e. The second kappa shape index (κ2) is 8.16. The highest BCUT2D eigenvalue weighted by Gasteiger charge is 2.25. The highest BCUT2D eigenvalue weighted by atomic mass is 32.2. The van der Waals surface area contributed by atoms with Gasteiger partial charge in [0.15, 0.2) is 0 Å². The number of hydrogen-bond donors (Lipinski definition) is 2. The van der Waals surface area contributed by atoms with Crippen molar-refractivity contribution in [2.45, 2.75) is 43.7 Å². The maximum absolute atomic E-state index is 12.5. The lowest BCUT2D eigenvalue weighted by Gasteiger charge is -2.30. The molecule has 1 heterocycles. The van der Waals surface area contributed by atoms with Crippen LogP contribution in [0.2, 0.25) is 0 Å². The largest absolute Gasteiger partial charge is 0.496 e. The van der Waals surface area contributed by atoms with Crippen LogP contribution in [0.15, 0.2) is 23.1 Å². The third-order valence-corrected chi connectivity index (χ3v) is 6.01. The molecule has 25 heavy (non-hydrogen) atoms. The Morgan fingerprint density at radius 2 is 1.96 bits per heavy atom. The van der Waals surface area contributed by atoms with Crippen molar-refractivity contribution in [3.63, 3.8) is 0 Å². The minimum absolute atomic E-state index is 0.0962. The third-order valence-electron chi connectivity index (χ3n) is 4.47. The fourth-order valence-corrected chi connectivity index (χ4v) is 4.14. The standard InChI is InChI=1S/C17H27N3O4S/c1-12-11-15(5-6-16(12)24-4)25(22,23)19-13(2)17(21)18-14-7-9-20(3)10-8-14/h5-6,11,13-14,19H,7-10H2,1-4H3,(H,18,21)/t13-/m1/s1. The molecule has 1 aromatic carbocycles. The molecule has 8 heteroatoms. The molecule has 1 atom stereocenters. The highest BCUT2D eigenvalue weighted by Crippen LogP contribution is 2.21. The van der Waals surface area contributed by atoms with E-state index in [0.29, 0.717) is 11.3 Å². The number of likely N-dealkylation sites (tertiary alicyclic amines) is 1. The summed E-state index contributed by atoms with van der Waals surface area (Å²) >= 11 is 0. The zero-order valence-corrected chi connectivity index (χ0v) is 16.0. The van der Waals surface area contributed by atoms with Gasteiger partial charge in [-0.05, 0) is 70.6 Å². The lowest BCUT2D eigenvalue weighted by Crippen LogP contribution is -2.50. The Morgan fingerprint density at radius 1 is 1.32 bits per heavy atom. The van der Waals surface area contributed by atoms with Crippen LogP contribution in [0, 0.1) is 6.92 Å². The lowest BCUT2D eigenvalue weighted by atomic mass is 10.1. The normalized spacial score (nSPS) is 17.9. The van der Waals surface area contributed by atoms with Gasteiger partial charge in [-0.3, -0.25) is 4.79 Å². The summed E-state index contributed by atoms with van der Waals surface area (Å²) in [4.78, 5) is 14.6. The summed E-state index contributed by atoms with van der Waals surface area (Å²) in [5.74, 6) is 0.315. The molecule has 0 aliphatic carbocycles. The number of nitrogens with one attached hydrogen (secondary N) is 2. The van der Waals surface area contributed by atoms with Crippen molar-refractivity contribution in [1.82, 2.24) is 14.9 Å². The smallest absolute Gasteiger partial charge is 0.241 e. The number of sulfonamides is 1. The first-order valence-electron chi connectivity index (χ1n) is 8.39. The zero-order chi connectivity index (χ0) is 18.6. The van der Waals surface area contributed by atoms with Gasteiger partial charge in [0.1, 0.15) is 5.75 Å². The molecule has 0 saturated carbocycles. The molecule has 0 radical (unpaired) electrons. The summed E-state index contributed by atoms with van der Waals surface area (Å²) < 4.78 is 32.6. The number of nitrogens with zero attached hydrogens (tertiary/aromatic N) is 1. The molecule has 1 saturated heterocycles. The SMILES string of the molecule is COc1ccc(S(=O)(=O)N[C@H](C)C(=O)NC2CCN(C)CC2)cc1C. The van der Waals surface area contributed by atoms with Gasteiger partial charge in [0.2, 0.25) is 15.9 Å². The third kappa shape index (κ3) is 5.17. The van der Waals surface area contributed by atoms with E-state index in [2.05, 4.69) is 14.9 Å². The molecule has 0 spiro atoms. The Morgan fingerprint density at radius 3 is 2.52 bits per heavy atom. The monoisotopic (exact) mass is 369 g/mol. The van der Waals surface area contributed by atoms with Crippen molar-refractivity contribution in [1.29, 1.82) is 0 Å². The second-order valence-electron chi connectivity index (χ2n) is 6.56. The maximum atomic E-state index is 12.5. The molecule has 1 fully saturated rings. The topological polar surface area (TPSA) is 87.7 Å². The Hall–Kier alpha value is -1.64. The van der Waals surface area contributed by atoms with E-state index in [0.717, 1.165) is 25.9 Å². The molecule has 0 bridgehead atoms. The second-order valence-corrected chi connectivity index (χ2v) is 8.27. The van der Waals surface area contributed by atoms with E-state index in [1.54, 1.807) is 19.9 Å². The van der Waals surface area contributed by atoms with Gasteiger partial charge >= 0.3 is 0 Å². The van der Waals surface area contributed by atoms with E-state index in [4.69, 9.17) is 4.74 Å². The van der Waals surface area contributed by atoms with Crippen LogP contribution in [0.4, 0.5) is 0 Å². The Labute approximate surface area is 149 Å². The highest BCUT2D eigenvalue weighted by molar-refractivity contribution is 7.89. The number of carbonyl (C=O) groups is 1. The van der Waals surface area contributed by atoms with Gasteiger partial charge in [-0.2, -0.15) is 4.72 Å². The van der Waals surface area contributed by atoms with Gasteiger partial charge in [0.05, 0.1) is 18.0 Å². The van der Waals surface area contributed by atoms with Gasteiger partial charge in [0.25, 0.3) is 0 Å². The Balaban J connectivity index is 1.99. The predicted octanol–water partition coefficient (Wildman–Crippen LogP) is 0.881. The van der Waals surface area contributed by atoms with Crippen molar-refractivity contribution in [2.24, 2.45) is 0 Å². The predicted molar refractivity (Wildman–Crippen MR) is 96.2 cm³/mol. The summed E-state index contributed by atoms with van der Waals surface area (Å²) in [5, 5.41) is 2.93. The number of hydrogen-bond acceptors (Lipinski definition) is 5. The van der Waals surface area contributed by atoms with E-state index in [1.807, 2.05) is 7.05 Å². The molecule has 0 unspecified atom stereocenters. The van der Waals surface area contributed by atoms with Gasteiger partial charge < -0.3 is 15.0 Å². The van der Waals surface area contributed by atoms with E-state index in [1.165, 1.54) is 19.2 Å². The van der Waals surface area contributed by atoms with Gasteiger partial charge in [-0.25, -0.2) is 8.42 Å². The Bertz CT molecular complexity index is 713. The minimum atomic E-state index is -3.78. The van der Waals surface area contributed by atoms with E-state index >= 15 is 0 Å². The van der Waals surface area contributed by atoms with Gasteiger partial charge in [-0.15, -0.1) is 0 Å². The van der Waals surface area contributed by atoms with Crippen molar-refractivity contribution in [3.8, 4) is 5.75 Å². The summed E-state index contributed by atoms with van der Waals surface area (Å²) in [6, 6.07) is 3.86. The quantitative estimate of drug-likeness (QED) is 0.777. The molecule has 1 aliphatic heterocycles. The van der Waals surface area contributed by atoms with E-state index < -0.39 is 16.1 Å². The van der Waals surface area contributed by atoms with Crippen LogP contribution in [0.25, 0.3) is 0 Å². The van der Waals surface area contributed by atoms with Crippen LogP contribution in [-0.2, 0) is 14.8 Å². The van der Waals surface area contributed by atoms with E-state index in [9.17, 15) is 13.2 Å². The van der Waals surface area contributed by atoms with Crippen LogP contribution >= 0.6 is 0 Å². The lowest BCUT2D eigenvalue weighted by molar-refractivity contribution is -0.123. The van der Waals surface area contributed by atoms with Crippen molar-refractivity contribution in [3.05, 3.63) is 23.8 Å². The number of carbonyl (C=O) groups excluding carboxylic acids is 1. The summed E-state index contributed by atoms with van der Waals surface area (Å²) in [6.45, 7) is 5.18. The number of amides is 1. The molecule has 2 N–H and O–H groups in total. The summed E-state index contributed by atoms with van der Waals surface area (Å²) in [5.41, 5.74) is 0.716. The maximum Gasteiger partial charge on any atom is 0.241 e. The zero-order valence-electron chi connectivity index (χ0n) is 15.2. The average molecular weight is 369 g/mol. The average Bonchev–Trinajstić information content (AvgIpc) is 2.56. The summed E-state index contributed by atoms with van der Waals surface area (Å²) in [7, 11) is -0.197. The molecule has 1 aromatic rings. The van der Waals surface area contributed by atoms with Gasteiger partial charge in [0, 0.05) is 6.04 Å². The molecule has 1 aliphatic rings. The first kappa shape index (κ1) is 19.7. The van der Waals surface area contributed by atoms with Crippen LogP contribution in [0.5, 0.6) is 5.75 Å².